The van der Waals surface area contributed by atoms with Crippen LogP contribution in [0, 0.1) is 13.8 Å². The summed E-state index contributed by atoms with van der Waals surface area (Å²) in [7, 11) is 1.55. The van der Waals surface area contributed by atoms with E-state index in [1.807, 2.05) is 39.0 Å². The lowest BCUT2D eigenvalue weighted by atomic mass is 10.1. The maximum atomic E-state index is 13.0. The van der Waals surface area contributed by atoms with Crippen molar-refractivity contribution in [2.24, 2.45) is 0 Å². The molecule has 7 heteroatoms. The summed E-state index contributed by atoms with van der Waals surface area (Å²) in [5.74, 6) is 0.102. The number of nitrogens with one attached hydrogen (secondary N) is 1. The molecule has 0 aliphatic carbocycles. The van der Waals surface area contributed by atoms with Crippen molar-refractivity contribution in [3.63, 3.8) is 0 Å². The molecule has 0 radical (unpaired) electrons. The Labute approximate surface area is 181 Å². The van der Waals surface area contributed by atoms with Gasteiger partial charge in [-0.2, -0.15) is 0 Å². The Kier molecular flexibility index (Phi) is 8.35. The smallest absolute Gasteiger partial charge is 0.261 e. The van der Waals surface area contributed by atoms with Crippen LogP contribution in [-0.4, -0.2) is 36.4 Å². The molecule has 0 heterocycles. The molecule has 2 rings (SSSR count). The number of carbonyl (C=O) groups is 2. The Morgan fingerprint density at radius 3 is 2.45 bits per heavy atom. The zero-order valence-electron chi connectivity index (χ0n) is 17.1. The van der Waals surface area contributed by atoms with Gasteiger partial charge in [-0.25, -0.2) is 0 Å². The summed E-state index contributed by atoms with van der Waals surface area (Å²) < 4.78 is 5.75. The molecule has 0 aliphatic heterocycles. The fourth-order valence-electron chi connectivity index (χ4n) is 3.10. The molecule has 156 valence electrons. The number of carbonyl (C=O) groups excluding carboxylic acids is 2. The summed E-state index contributed by atoms with van der Waals surface area (Å²) in [6.45, 7) is 5.78. The van der Waals surface area contributed by atoms with Crippen LogP contribution in [-0.2, 0) is 16.1 Å². The third-order valence-corrected chi connectivity index (χ3v) is 5.26. The van der Waals surface area contributed by atoms with Gasteiger partial charge in [-0.15, -0.1) is 0 Å². The number of hydrogen-bond donors (Lipinski definition) is 1. The van der Waals surface area contributed by atoms with Gasteiger partial charge in [0.25, 0.3) is 5.91 Å². The van der Waals surface area contributed by atoms with Crippen LogP contribution in [0.3, 0.4) is 0 Å². The van der Waals surface area contributed by atoms with Crippen molar-refractivity contribution >= 4 is 35.0 Å². The summed E-state index contributed by atoms with van der Waals surface area (Å²) in [6.07, 6.45) is 0.459. The van der Waals surface area contributed by atoms with Gasteiger partial charge in [0.15, 0.2) is 6.61 Å². The number of likely N-dealkylation sites (N-methyl/N-ethyl adjacent to an activating group) is 1. The first-order valence-corrected chi connectivity index (χ1v) is 10.2. The van der Waals surface area contributed by atoms with Crippen LogP contribution < -0.4 is 10.1 Å². The van der Waals surface area contributed by atoms with E-state index in [2.05, 4.69) is 5.32 Å². The van der Waals surface area contributed by atoms with Gasteiger partial charge in [0.1, 0.15) is 11.8 Å². The van der Waals surface area contributed by atoms with E-state index in [0.717, 1.165) is 11.1 Å². The van der Waals surface area contributed by atoms with Crippen LogP contribution in [0.4, 0.5) is 0 Å². The number of rotatable bonds is 8. The number of halogens is 2. The van der Waals surface area contributed by atoms with Gasteiger partial charge in [-0.05, 0) is 49.6 Å². The number of amides is 2. The highest BCUT2D eigenvalue weighted by Gasteiger charge is 2.29. The summed E-state index contributed by atoms with van der Waals surface area (Å²) in [5, 5.41) is 3.57. The molecule has 1 unspecified atom stereocenters. The third kappa shape index (κ3) is 6.12. The minimum Gasteiger partial charge on any atom is -0.483 e. The summed E-state index contributed by atoms with van der Waals surface area (Å²) in [5.41, 5.74) is 2.77. The quantitative estimate of drug-likeness (QED) is 0.660. The van der Waals surface area contributed by atoms with Crippen molar-refractivity contribution in [3.8, 4) is 5.75 Å². The second kappa shape index (κ2) is 10.5. The Morgan fingerprint density at radius 1 is 1.14 bits per heavy atom. The topological polar surface area (TPSA) is 58.6 Å². The Bertz CT molecular complexity index is 886. The second-order valence-corrected chi connectivity index (χ2v) is 7.70. The summed E-state index contributed by atoms with van der Waals surface area (Å²) >= 11 is 12.3. The van der Waals surface area contributed by atoms with E-state index in [1.165, 1.54) is 4.90 Å². The van der Waals surface area contributed by atoms with E-state index < -0.39 is 6.04 Å². The molecule has 29 heavy (non-hydrogen) atoms. The molecule has 0 fully saturated rings. The molecular weight excluding hydrogens is 411 g/mol. The molecule has 0 spiro atoms. The van der Waals surface area contributed by atoms with Gasteiger partial charge in [0, 0.05) is 23.6 Å². The van der Waals surface area contributed by atoms with Crippen molar-refractivity contribution in [1.29, 1.82) is 0 Å². The van der Waals surface area contributed by atoms with Gasteiger partial charge in [0.2, 0.25) is 5.91 Å². The van der Waals surface area contributed by atoms with Crippen molar-refractivity contribution in [2.75, 3.05) is 13.7 Å². The van der Waals surface area contributed by atoms with E-state index in [0.29, 0.717) is 27.8 Å². The summed E-state index contributed by atoms with van der Waals surface area (Å²) in [6, 6.07) is 10.2. The predicted octanol–water partition coefficient (Wildman–Crippen LogP) is 4.54. The van der Waals surface area contributed by atoms with Gasteiger partial charge < -0.3 is 15.0 Å². The van der Waals surface area contributed by atoms with E-state index in [-0.39, 0.29) is 25.0 Å². The molecule has 2 aromatic carbocycles. The fourth-order valence-corrected chi connectivity index (χ4v) is 3.57. The van der Waals surface area contributed by atoms with Crippen molar-refractivity contribution in [1.82, 2.24) is 10.2 Å². The molecule has 0 bridgehead atoms. The Morgan fingerprint density at radius 2 is 1.86 bits per heavy atom. The van der Waals surface area contributed by atoms with Gasteiger partial charge in [-0.3, -0.25) is 9.59 Å². The predicted molar refractivity (Wildman–Crippen MR) is 117 cm³/mol. The average molecular weight is 437 g/mol. The standard InChI is InChI=1S/C22H26Cl2N2O3/c1-5-19(22(28)25-4)26(12-16-7-8-17(23)11-18(16)24)21(27)13-29-20-9-6-14(2)10-15(20)3/h6-11,19H,5,12-13H2,1-4H3,(H,25,28). The minimum absolute atomic E-state index is 0.178. The molecule has 0 aliphatic rings. The largest absolute Gasteiger partial charge is 0.483 e. The molecule has 1 N–H and O–H groups in total. The second-order valence-electron chi connectivity index (χ2n) is 6.85. The van der Waals surface area contributed by atoms with Crippen molar-refractivity contribution in [2.45, 2.75) is 39.8 Å². The Hall–Kier alpha value is -2.24. The van der Waals surface area contributed by atoms with Crippen LogP contribution in [0.2, 0.25) is 10.0 Å². The number of ether oxygens (including phenoxy) is 1. The lowest BCUT2D eigenvalue weighted by Gasteiger charge is -2.30. The molecule has 0 aromatic heterocycles. The monoisotopic (exact) mass is 436 g/mol. The number of nitrogens with zero attached hydrogens (tertiary/aromatic N) is 1. The maximum Gasteiger partial charge on any atom is 0.261 e. The van der Waals surface area contributed by atoms with E-state index in [4.69, 9.17) is 27.9 Å². The zero-order chi connectivity index (χ0) is 21.6. The number of benzene rings is 2. The van der Waals surface area contributed by atoms with Crippen LogP contribution in [0.15, 0.2) is 36.4 Å². The highest BCUT2D eigenvalue weighted by molar-refractivity contribution is 6.35. The molecular formula is C22H26Cl2N2O3. The first-order chi connectivity index (χ1) is 13.8. The van der Waals surface area contributed by atoms with Crippen LogP contribution in [0.1, 0.15) is 30.0 Å². The third-order valence-electron chi connectivity index (χ3n) is 4.67. The number of aryl methyl sites for hydroxylation is 2. The van der Waals surface area contributed by atoms with Crippen LogP contribution >= 0.6 is 23.2 Å². The highest BCUT2D eigenvalue weighted by Crippen LogP contribution is 2.24. The molecule has 5 nitrogen and oxygen atoms in total. The zero-order valence-corrected chi connectivity index (χ0v) is 18.6. The molecule has 0 saturated carbocycles. The van der Waals surface area contributed by atoms with Crippen LogP contribution in [0.5, 0.6) is 5.75 Å². The molecule has 2 aromatic rings. The first-order valence-electron chi connectivity index (χ1n) is 9.41. The average Bonchev–Trinajstić information content (AvgIpc) is 2.68. The van der Waals surface area contributed by atoms with E-state index in [1.54, 1.807) is 25.2 Å². The van der Waals surface area contributed by atoms with E-state index in [9.17, 15) is 9.59 Å². The SMILES string of the molecule is CCC(C(=O)NC)N(Cc1ccc(Cl)cc1Cl)C(=O)COc1ccc(C)cc1C. The van der Waals surface area contributed by atoms with Gasteiger partial charge in [0.05, 0.1) is 0 Å². The number of hydrogen-bond acceptors (Lipinski definition) is 3. The first kappa shape index (κ1) is 23.0. The lowest BCUT2D eigenvalue weighted by Crippen LogP contribution is -2.49. The van der Waals surface area contributed by atoms with Crippen LogP contribution in [0.25, 0.3) is 0 Å². The minimum atomic E-state index is -0.637. The normalized spacial score (nSPS) is 11.7. The van der Waals surface area contributed by atoms with Gasteiger partial charge >= 0.3 is 0 Å². The fraction of sp³-hybridized carbons (Fsp3) is 0.364. The molecule has 0 saturated heterocycles. The highest BCUT2D eigenvalue weighted by atomic mass is 35.5. The Balaban J connectivity index is 2.25. The summed E-state index contributed by atoms with van der Waals surface area (Å²) in [4.78, 5) is 26.9. The maximum absolute atomic E-state index is 13.0. The molecule has 1 atom stereocenters. The van der Waals surface area contributed by atoms with Gasteiger partial charge in [-0.1, -0.05) is 53.9 Å². The molecule has 2 amide bonds. The van der Waals surface area contributed by atoms with Crippen molar-refractivity contribution < 1.29 is 14.3 Å². The lowest BCUT2D eigenvalue weighted by molar-refractivity contribution is -0.142. The van der Waals surface area contributed by atoms with E-state index >= 15 is 0 Å². The van der Waals surface area contributed by atoms with Crippen molar-refractivity contribution in [3.05, 3.63) is 63.1 Å².